The minimum Gasteiger partial charge on any atom is -0.493 e. The van der Waals surface area contributed by atoms with Gasteiger partial charge in [0, 0.05) is 24.9 Å². The third-order valence-electron chi connectivity index (χ3n) is 4.58. The van der Waals surface area contributed by atoms with Crippen LogP contribution < -0.4 is 25.3 Å². The van der Waals surface area contributed by atoms with Crippen LogP contribution in [0.2, 0.25) is 0 Å². The van der Waals surface area contributed by atoms with Crippen LogP contribution in [0, 0.1) is 0 Å². The summed E-state index contributed by atoms with van der Waals surface area (Å²) in [7, 11) is 0. The molecule has 2 atom stereocenters. The molecule has 0 radical (unpaired) electrons. The van der Waals surface area contributed by atoms with E-state index in [1.165, 1.54) is 0 Å². The Kier molecular flexibility index (Phi) is 4.82. The number of hydrogen-bond donors (Lipinski definition) is 2. The first-order valence-electron chi connectivity index (χ1n) is 8.96. The van der Waals surface area contributed by atoms with E-state index in [4.69, 9.17) is 19.9 Å². The molecule has 6 nitrogen and oxygen atoms in total. The zero-order valence-corrected chi connectivity index (χ0v) is 14.6. The van der Waals surface area contributed by atoms with Gasteiger partial charge < -0.3 is 25.3 Å². The first kappa shape index (κ1) is 16.6. The van der Waals surface area contributed by atoms with E-state index in [9.17, 15) is 0 Å². The first-order chi connectivity index (χ1) is 12.8. The average Bonchev–Trinajstić information content (AvgIpc) is 2.68. The number of rotatable bonds is 4. The number of para-hydroxylation sites is 3. The summed E-state index contributed by atoms with van der Waals surface area (Å²) in [6.45, 7) is 1.79. The summed E-state index contributed by atoms with van der Waals surface area (Å²) in [4.78, 5) is 4.45. The number of ether oxygens (including phenoxy) is 3. The van der Waals surface area contributed by atoms with Crippen LogP contribution in [0.4, 0.5) is 0 Å². The van der Waals surface area contributed by atoms with Crippen molar-refractivity contribution in [1.82, 2.24) is 5.32 Å². The zero-order chi connectivity index (χ0) is 17.8. The van der Waals surface area contributed by atoms with E-state index in [1.54, 1.807) is 0 Å². The lowest BCUT2D eigenvalue weighted by molar-refractivity contribution is 0.0867. The smallest absolute Gasteiger partial charge is 0.189 e. The number of hydrogen-bond acceptors (Lipinski definition) is 4. The third kappa shape index (κ3) is 3.69. The molecule has 6 heteroatoms. The van der Waals surface area contributed by atoms with Gasteiger partial charge in [0.15, 0.2) is 17.5 Å². The molecular formula is C20H23N3O3. The maximum Gasteiger partial charge on any atom is 0.189 e. The highest BCUT2D eigenvalue weighted by molar-refractivity contribution is 5.78. The second-order valence-electron chi connectivity index (χ2n) is 6.43. The molecule has 136 valence electrons. The Bertz CT molecular complexity index is 793. The number of nitrogens with two attached hydrogens (primary N) is 1. The van der Waals surface area contributed by atoms with Crippen LogP contribution >= 0.6 is 0 Å². The number of nitrogens with one attached hydrogen (secondary N) is 1. The summed E-state index contributed by atoms with van der Waals surface area (Å²) < 4.78 is 17.3. The van der Waals surface area contributed by atoms with Gasteiger partial charge in [0.05, 0.1) is 12.6 Å². The standard InChI is InChI=1S/C20H23N3O3/c21-20(23-16-10-12-24-17-6-2-1-5-15(16)17)22-11-9-14-13-25-18-7-3-4-8-19(18)26-14/h1-8,14,16H,9-13H2,(H3,21,22,23). The molecule has 0 amide bonds. The monoisotopic (exact) mass is 353 g/mol. The normalized spacial score (nSPS) is 21.5. The van der Waals surface area contributed by atoms with Crippen molar-refractivity contribution in [3.8, 4) is 17.2 Å². The maximum absolute atomic E-state index is 6.08. The number of benzene rings is 2. The molecule has 3 N–H and O–H groups in total. The Morgan fingerprint density at radius 3 is 2.69 bits per heavy atom. The molecule has 0 saturated heterocycles. The van der Waals surface area contributed by atoms with Gasteiger partial charge in [-0.1, -0.05) is 30.3 Å². The van der Waals surface area contributed by atoms with Crippen molar-refractivity contribution < 1.29 is 14.2 Å². The van der Waals surface area contributed by atoms with E-state index in [-0.39, 0.29) is 12.1 Å². The SMILES string of the molecule is NC(=NCCC1COc2ccccc2O1)NC1CCOc2ccccc21. The van der Waals surface area contributed by atoms with Gasteiger partial charge in [-0.05, 0) is 18.2 Å². The number of fused-ring (bicyclic) bond motifs is 2. The van der Waals surface area contributed by atoms with Gasteiger partial charge in [0.2, 0.25) is 0 Å². The van der Waals surface area contributed by atoms with Gasteiger partial charge in [-0.3, -0.25) is 4.99 Å². The third-order valence-corrected chi connectivity index (χ3v) is 4.58. The summed E-state index contributed by atoms with van der Waals surface area (Å²) in [6, 6.07) is 15.9. The molecule has 2 aliphatic rings. The molecular weight excluding hydrogens is 330 g/mol. The van der Waals surface area contributed by atoms with Crippen molar-refractivity contribution in [2.75, 3.05) is 19.8 Å². The fourth-order valence-electron chi connectivity index (χ4n) is 3.25. The van der Waals surface area contributed by atoms with Crippen molar-refractivity contribution in [2.45, 2.75) is 25.0 Å². The highest BCUT2D eigenvalue weighted by Gasteiger charge is 2.22. The highest BCUT2D eigenvalue weighted by atomic mass is 16.6. The van der Waals surface area contributed by atoms with Gasteiger partial charge in [0.1, 0.15) is 18.5 Å². The molecule has 2 aliphatic heterocycles. The van der Waals surface area contributed by atoms with Crippen molar-refractivity contribution in [3.63, 3.8) is 0 Å². The Labute approximate surface area is 153 Å². The molecule has 26 heavy (non-hydrogen) atoms. The molecule has 0 aromatic heterocycles. The van der Waals surface area contributed by atoms with Gasteiger partial charge >= 0.3 is 0 Å². The summed E-state index contributed by atoms with van der Waals surface area (Å²) in [5.74, 6) is 2.95. The summed E-state index contributed by atoms with van der Waals surface area (Å²) in [5, 5.41) is 3.30. The second-order valence-corrected chi connectivity index (χ2v) is 6.43. The second kappa shape index (κ2) is 7.56. The van der Waals surface area contributed by atoms with Crippen LogP contribution in [0.3, 0.4) is 0 Å². The van der Waals surface area contributed by atoms with Gasteiger partial charge in [-0.15, -0.1) is 0 Å². The van der Waals surface area contributed by atoms with Gasteiger partial charge in [0.25, 0.3) is 0 Å². The van der Waals surface area contributed by atoms with Crippen molar-refractivity contribution in [2.24, 2.45) is 10.7 Å². The maximum atomic E-state index is 6.08. The van der Waals surface area contributed by atoms with Crippen LogP contribution in [-0.4, -0.2) is 31.8 Å². The first-order valence-corrected chi connectivity index (χ1v) is 8.96. The zero-order valence-electron chi connectivity index (χ0n) is 14.6. The van der Waals surface area contributed by atoms with Crippen molar-refractivity contribution >= 4 is 5.96 Å². The quantitative estimate of drug-likeness (QED) is 0.653. The number of guanidine groups is 1. The van der Waals surface area contributed by atoms with Gasteiger partial charge in [-0.25, -0.2) is 0 Å². The number of nitrogens with zero attached hydrogens (tertiary/aromatic N) is 1. The summed E-state index contributed by atoms with van der Waals surface area (Å²) >= 11 is 0. The molecule has 4 rings (SSSR count). The van der Waals surface area contributed by atoms with Gasteiger partial charge in [-0.2, -0.15) is 0 Å². The lowest BCUT2D eigenvalue weighted by atomic mass is 10.0. The van der Waals surface area contributed by atoms with E-state index < -0.39 is 0 Å². The molecule has 0 saturated carbocycles. The van der Waals surface area contributed by atoms with E-state index in [1.807, 2.05) is 42.5 Å². The molecule has 2 unspecified atom stereocenters. The minimum atomic E-state index is -0.00902. The lowest BCUT2D eigenvalue weighted by Crippen LogP contribution is -2.37. The lowest BCUT2D eigenvalue weighted by Gasteiger charge is -2.27. The van der Waals surface area contributed by atoms with Crippen molar-refractivity contribution in [3.05, 3.63) is 54.1 Å². The highest BCUT2D eigenvalue weighted by Crippen LogP contribution is 2.32. The van der Waals surface area contributed by atoms with Crippen LogP contribution in [0.1, 0.15) is 24.4 Å². The Morgan fingerprint density at radius 1 is 1.04 bits per heavy atom. The number of aliphatic imine (C=N–C) groups is 1. The molecule has 0 bridgehead atoms. The van der Waals surface area contributed by atoms with E-state index in [0.29, 0.717) is 25.7 Å². The molecule has 0 aliphatic carbocycles. The minimum absolute atomic E-state index is 0.00902. The largest absolute Gasteiger partial charge is 0.493 e. The van der Waals surface area contributed by atoms with E-state index in [0.717, 1.165) is 35.7 Å². The van der Waals surface area contributed by atoms with Crippen molar-refractivity contribution in [1.29, 1.82) is 0 Å². The fourth-order valence-corrected chi connectivity index (χ4v) is 3.25. The molecule has 2 aromatic carbocycles. The topological polar surface area (TPSA) is 78.1 Å². The fraction of sp³-hybridized carbons (Fsp3) is 0.350. The van der Waals surface area contributed by atoms with E-state index >= 15 is 0 Å². The summed E-state index contributed by atoms with van der Waals surface area (Å²) in [6.07, 6.45) is 1.61. The summed E-state index contributed by atoms with van der Waals surface area (Å²) in [5.41, 5.74) is 7.20. The van der Waals surface area contributed by atoms with Crippen LogP contribution in [0.5, 0.6) is 17.2 Å². The van der Waals surface area contributed by atoms with Crippen LogP contribution in [-0.2, 0) is 0 Å². The molecule has 0 spiro atoms. The van der Waals surface area contributed by atoms with Crippen LogP contribution in [0.15, 0.2) is 53.5 Å². The molecule has 2 heterocycles. The average molecular weight is 353 g/mol. The Morgan fingerprint density at radius 2 is 1.81 bits per heavy atom. The Hall–Kier alpha value is -2.89. The van der Waals surface area contributed by atoms with Crippen LogP contribution in [0.25, 0.3) is 0 Å². The van der Waals surface area contributed by atoms with E-state index in [2.05, 4.69) is 16.4 Å². The predicted octanol–water partition coefficient (Wildman–Crippen LogP) is 2.64. The predicted molar refractivity (Wildman–Crippen MR) is 99.9 cm³/mol. The Balaban J connectivity index is 1.30. The molecule has 0 fully saturated rings. The molecule has 2 aromatic rings.